The minimum absolute atomic E-state index is 0.00873. The first kappa shape index (κ1) is 26.4. The smallest absolute Gasteiger partial charge is 0.266 e. The maximum absolute atomic E-state index is 13.8. The Morgan fingerprint density at radius 3 is 2.35 bits per heavy atom. The van der Waals surface area contributed by atoms with Gasteiger partial charge < -0.3 is 9.64 Å². The third-order valence-corrected chi connectivity index (χ3v) is 6.46. The van der Waals surface area contributed by atoms with Crippen molar-refractivity contribution in [3.63, 3.8) is 0 Å². The number of fused-ring (bicyclic) bond motifs is 1. The number of carbonyl (C=O) groups excluding carboxylic acids is 1. The molecule has 1 atom stereocenters. The van der Waals surface area contributed by atoms with E-state index in [-0.39, 0.29) is 16.9 Å². The number of carbonyl (C=O) groups is 1. The van der Waals surface area contributed by atoms with Gasteiger partial charge in [0.2, 0.25) is 5.91 Å². The Labute approximate surface area is 222 Å². The number of rotatable bonds is 7. The Morgan fingerprint density at radius 2 is 1.73 bits per heavy atom. The number of amides is 1. The SMILES string of the molecule is COc1ccc(-n2c(C(C)N(Cc3ccccc3)C(=O)CC(C)(C)C)nc3cc(Cl)ccc3c2=O)cc1. The summed E-state index contributed by atoms with van der Waals surface area (Å²) < 4.78 is 6.89. The molecule has 7 heteroatoms. The average Bonchev–Trinajstić information content (AvgIpc) is 2.86. The van der Waals surface area contributed by atoms with Crippen LogP contribution in [0.1, 0.15) is 51.5 Å². The fourth-order valence-corrected chi connectivity index (χ4v) is 4.52. The molecule has 1 unspecified atom stereocenters. The summed E-state index contributed by atoms with van der Waals surface area (Å²) in [5, 5.41) is 0.942. The zero-order valence-corrected chi connectivity index (χ0v) is 22.6. The van der Waals surface area contributed by atoms with E-state index in [0.29, 0.717) is 46.2 Å². The van der Waals surface area contributed by atoms with E-state index in [9.17, 15) is 9.59 Å². The van der Waals surface area contributed by atoms with Crippen LogP contribution in [0.2, 0.25) is 5.02 Å². The topological polar surface area (TPSA) is 64.4 Å². The van der Waals surface area contributed by atoms with Gasteiger partial charge in [0, 0.05) is 18.0 Å². The quantitative estimate of drug-likeness (QED) is 0.278. The molecule has 0 aliphatic rings. The highest BCUT2D eigenvalue weighted by Crippen LogP contribution is 2.29. The molecule has 0 spiro atoms. The van der Waals surface area contributed by atoms with Crippen LogP contribution in [0.4, 0.5) is 0 Å². The number of hydrogen-bond donors (Lipinski definition) is 0. The van der Waals surface area contributed by atoms with Gasteiger partial charge in [-0.3, -0.25) is 14.2 Å². The minimum atomic E-state index is -0.506. The first-order valence-electron chi connectivity index (χ1n) is 12.3. The molecule has 3 aromatic carbocycles. The molecule has 0 aliphatic carbocycles. The van der Waals surface area contributed by atoms with Crippen LogP contribution in [0.3, 0.4) is 0 Å². The fraction of sp³-hybridized carbons (Fsp3) is 0.300. The van der Waals surface area contributed by atoms with Crippen LogP contribution in [0.15, 0.2) is 77.6 Å². The molecule has 0 saturated heterocycles. The van der Waals surface area contributed by atoms with Gasteiger partial charge in [0.25, 0.3) is 5.56 Å². The van der Waals surface area contributed by atoms with Crippen molar-refractivity contribution in [2.75, 3.05) is 7.11 Å². The summed E-state index contributed by atoms with van der Waals surface area (Å²) in [6.45, 7) is 8.43. The Kier molecular flexibility index (Phi) is 7.69. The van der Waals surface area contributed by atoms with Crippen LogP contribution in [0.5, 0.6) is 5.75 Å². The lowest BCUT2D eigenvalue weighted by Crippen LogP contribution is -2.38. The average molecular weight is 518 g/mol. The van der Waals surface area contributed by atoms with E-state index in [1.54, 1.807) is 46.9 Å². The Hall–Kier alpha value is -3.64. The number of nitrogens with zero attached hydrogens (tertiary/aromatic N) is 3. The Balaban J connectivity index is 1.91. The molecule has 4 rings (SSSR count). The second-order valence-corrected chi connectivity index (χ2v) is 10.8. The molecule has 0 saturated carbocycles. The molecule has 0 bridgehead atoms. The zero-order valence-electron chi connectivity index (χ0n) is 21.9. The fourth-order valence-electron chi connectivity index (χ4n) is 4.35. The summed E-state index contributed by atoms with van der Waals surface area (Å²) in [5.41, 5.74) is 1.70. The van der Waals surface area contributed by atoms with Crippen molar-refractivity contribution >= 4 is 28.4 Å². The number of methoxy groups -OCH3 is 1. The van der Waals surface area contributed by atoms with Crippen molar-refractivity contribution in [2.24, 2.45) is 5.41 Å². The van der Waals surface area contributed by atoms with Gasteiger partial charge in [-0.1, -0.05) is 62.7 Å². The van der Waals surface area contributed by atoms with Gasteiger partial charge >= 0.3 is 0 Å². The van der Waals surface area contributed by atoms with Crippen molar-refractivity contribution in [1.29, 1.82) is 0 Å². The molecule has 0 radical (unpaired) electrons. The Bertz CT molecular complexity index is 1460. The minimum Gasteiger partial charge on any atom is -0.497 e. The van der Waals surface area contributed by atoms with E-state index in [4.69, 9.17) is 21.3 Å². The molecule has 0 fully saturated rings. The van der Waals surface area contributed by atoms with Crippen LogP contribution in [0, 0.1) is 5.41 Å². The van der Waals surface area contributed by atoms with Crippen molar-refractivity contribution < 1.29 is 9.53 Å². The second kappa shape index (κ2) is 10.8. The predicted octanol–water partition coefficient (Wildman–Crippen LogP) is 6.57. The number of benzene rings is 3. The lowest BCUT2D eigenvalue weighted by Gasteiger charge is -2.33. The normalized spacial score (nSPS) is 12.4. The third kappa shape index (κ3) is 6.03. The predicted molar refractivity (Wildman–Crippen MR) is 148 cm³/mol. The summed E-state index contributed by atoms with van der Waals surface area (Å²) in [6.07, 6.45) is 0.357. The molecule has 37 heavy (non-hydrogen) atoms. The van der Waals surface area contributed by atoms with Gasteiger partial charge in [-0.2, -0.15) is 0 Å². The summed E-state index contributed by atoms with van der Waals surface area (Å²) in [6, 6.07) is 21.6. The highest BCUT2D eigenvalue weighted by atomic mass is 35.5. The van der Waals surface area contributed by atoms with E-state index in [2.05, 4.69) is 0 Å². The highest BCUT2D eigenvalue weighted by molar-refractivity contribution is 6.31. The van der Waals surface area contributed by atoms with Crippen LogP contribution < -0.4 is 10.3 Å². The van der Waals surface area contributed by atoms with Crippen LogP contribution >= 0.6 is 11.6 Å². The number of aromatic nitrogens is 2. The van der Waals surface area contributed by atoms with Gasteiger partial charge in [0.1, 0.15) is 11.6 Å². The first-order valence-corrected chi connectivity index (χ1v) is 12.7. The standard InChI is InChI=1S/C30H32ClN3O3/c1-20(33(27(35)18-30(2,3)4)19-21-9-7-6-8-10-21)28-32-26-17-22(31)11-16-25(26)29(36)34(28)23-12-14-24(37-5)15-13-23/h6-17,20H,18-19H2,1-5H3. The molecular formula is C30H32ClN3O3. The Morgan fingerprint density at radius 1 is 1.05 bits per heavy atom. The van der Waals surface area contributed by atoms with Gasteiger partial charge in [-0.25, -0.2) is 4.98 Å². The molecule has 1 heterocycles. The van der Waals surface area contributed by atoms with E-state index in [1.165, 1.54) is 0 Å². The van der Waals surface area contributed by atoms with Gasteiger partial charge in [0.05, 0.1) is 29.7 Å². The second-order valence-electron chi connectivity index (χ2n) is 10.4. The van der Waals surface area contributed by atoms with Crippen molar-refractivity contribution in [3.8, 4) is 11.4 Å². The first-order chi connectivity index (χ1) is 17.6. The third-order valence-electron chi connectivity index (χ3n) is 6.23. The number of ether oxygens (including phenoxy) is 1. The monoisotopic (exact) mass is 517 g/mol. The van der Waals surface area contributed by atoms with Crippen LogP contribution in [-0.2, 0) is 11.3 Å². The number of halogens is 1. The maximum atomic E-state index is 13.8. The molecular weight excluding hydrogens is 486 g/mol. The van der Waals surface area contributed by atoms with Gasteiger partial charge in [-0.15, -0.1) is 0 Å². The molecule has 192 valence electrons. The van der Waals surface area contributed by atoms with E-state index >= 15 is 0 Å². The number of hydrogen-bond acceptors (Lipinski definition) is 4. The van der Waals surface area contributed by atoms with Gasteiger partial charge in [-0.05, 0) is 60.4 Å². The summed E-state index contributed by atoms with van der Waals surface area (Å²) in [7, 11) is 1.60. The summed E-state index contributed by atoms with van der Waals surface area (Å²) in [4.78, 5) is 34.2. The molecule has 0 N–H and O–H groups in total. The van der Waals surface area contributed by atoms with Crippen molar-refractivity contribution in [1.82, 2.24) is 14.5 Å². The van der Waals surface area contributed by atoms with E-state index < -0.39 is 6.04 Å². The van der Waals surface area contributed by atoms with E-state index in [0.717, 1.165) is 5.56 Å². The highest BCUT2D eigenvalue weighted by Gasteiger charge is 2.29. The van der Waals surface area contributed by atoms with Crippen molar-refractivity contribution in [3.05, 3.63) is 99.6 Å². The van der Waals surface area contributed by atoms with Crippen LogP contribution in [0.25, 0.3) is 16.6 Å². The maximum Gasteiger partial charge on any atom is 0.266 e. The lowest BCUT2D eigenvalue weighted by molar-refractivity contribution is -0.136. The van der Waals surface area contributed by atoms with Crippen molar-refractivity contribution in [2.45, 2.75) is 46.7 Å². The molecule has 6 nitrogen and oxygen atoms in total. The molecule has 1 aromatic heterocycles. The molecule has 1 amide bonds. The largest absolute Gasteiger partial charge is 0.497 e. The van der Waals surface area contributed by atoms with E-state index in [1.807, 2.05) is 70.2 Å². The summed E-state index contributed by atoms with van der Waals surface area (Å²) in [5.74, 6) is 1.13. The molecule has 0 aliphatic heterocycles. The molecule has 4 aromatic rings. The van der Waals surface area contributed by atoms with Crippen LogP contribution in [-0.4, -0.2) is 27.5 Å². The summed E-state index contributed by atoms with van der Waals surface area (Å²) >= 11 is 6.26. The van der Waals surface area contributed by atoms with Gasteiger partial charge in [0.15, 0.2) is 0 Å². The zero-order chi connectivity index (χ0) is 26.7. The lowest BCUT2D eigenvalue weighted by atomic mass is 9.91.